The Hall–Kier alpha value is -1.22. The molecule has 0 aromatic heterocycles. The number of aliphatic hydroxyl groups is 1. The van der Waals surface area contributed by atoms with Crippen LogP contribution >= 0.6 is 11.8 Å². The monoisotopic (exact) mass is 192 g/mol. The number of hydrogen-bond acceptors (Lipinski definition) is 3. The van der Waals surface area contributed by atoms with E-state index < -0.39 is 0 Å². The molecule has 1 aromatic rings. The minimum atomic E-state index is -0.0585. The maximum atomic E-state index is 11.6. The normalized spacial score (nSPS) is 18.8. The number of carbonyl (C=O) groups is 1. The van der Waals surface area contributed by atoms with Crippen LogP contribution in [-0.4, -0.2) is 16.6 Å². The molecule has 0 fully saturated rings. The number of benzene rings is 1. The summed E-state index contributed by atoms with van der Waals surface area (Å²) in [7, 11) is 0. The molecule has 0 saturated carbocycles. The van der Waals surface area contributed by atoms with Crippen molar-refractivity contribution in [1.29, 1.82) is 0 Å². The molecule has 0 aliphatic carbocycles. The molecule has 0 bridgehead atoms. The lowest BCUT2D eigenvalue weighted by Gasteiger charge is -2.15. The van der Waals surface area contributed by atoms with Crippen LogP contribution in [-0.2, 0) is 0 Å². The zero-order valence-electron chi connectivity index (χ0n) is 6.86. The lowest BCUT2D eigenvalue weighted by molar-refractivity contribution is 0.102. The smallest absolute Gasteiger partial charge is 0.194 e. The first kappa shape index (κ1) is 8.38. The second-order valence-corrected chi connectivity index (χ2v) is 3.79. The van der Waals surface area contributed by atoms with Crippen LogP contribution in [0.3, 0.4) is 0 Å². The summed E-state index contributed by atoms with van der Waals surface area (Å²) in [6.45, 7) is 0. The van der Waals surface area contributed by atoms with Crippen LogP contribution < -0.4 is 0 Å². The van der Waals surface area contributed by atoms with Gasteiger partial charge in [-0.3, -0.25) is 4.79 Å². The van der Waals surface area contributed by atoms with Gasteiger partial charge < -0.3 is 5.11 Å². The molecule has 66 valence electrons. The van der Waals surface area contributed by atoms with Crippen molar-refractivity contribution < 1.29 is 9.90 Å². The topological polar surface area (TPSA) is 37.3 Å². The van der Waals surface area contributed by atoms with E-state index in [0.717, 1.165) is 11.2 Å². The molecule has 2 rings (SSSR count). The van der Waals surface area contributed by atoms with Crippen LogP contribution in [0.5, 0.6) is 0 Å². The standard InChI is InChI=1S/C10H8O2S/c11-5-7-6-13-9-4-2-1-3-8(9)10(7)12/h1-5,11H,6H2. The zero-order valence-corrected chi connectivity index (χ0v) is 7.67. The van der Waals surface area contributed by atoms with E-state index in [-0.39, 0.29) is 5.78 Å². The molecule has 0 atom stereocenters. The molecular formula is C10H8O2S. The summed E-state index contributed by atoms with van der Waals surface area (Å²) in [5, 5.41) is 8.79. The number of fused-ring (bicyclic) bond motifs is 1. The van der Waals surface area contributed by atoms with E-state index in [4.69, 9.17) is 5.11 Å². The molecule has 13 heavy (non-hydrogen) atoms. The van der Waals surface area contributed by atoms with Crippen molar-refractivity contribution in [2.75, 3.05) is 5.75 Å². The van der Waals surface area contributed by atoms with Gasteiger partial charge in [0.1, 0.15) is 0 Å². The van der Waals surface area contributed by atoms with Gasteiger partial charge in [0.2, 0.25) is 0 Å². The minimum Gasteiger partial charge on any atom is -0.515 e. The molecule has 0 radical (unpaired) electrons. The Morgan fingerprint density at radius 1 is 1.38 bits per heavy atom. The maximum absolute atomic E-state index is 11.6. The van der Waals surface area contributed by atoms with Gasteiger partial charge in [0.25, 0.3) is 0 Å². The van der Waals surface area contributed by atoms with E-state index in [1.54, 1.807) is 17.8 Å². The molecule has 0 unspecified atom stereocenters. The summed E-state index contributed by atoms with van der Waals surface area (Å²) in [6.07, 6.45) is 0.908. The van der Waals surface area contributed by atoms with Crippen molar-refractivity contribution >= 4 is 17.5 Å². The van der Waals surface area contributed by atoms with Gasteiger partial charge in [0.05, 0.1) is 6.26 Å². The maximum Gasteiger partial charge on any atom is 0.194 e. The van der Waals surface area contributed by atoms with Crippen LogP contribution in [0.4, 0.5) is 0 Å². The first-order valence-corrected chi connectivity index (χ1v) is 4.91. The van der Waals surface area contributed by atoms with E-state index in [1.165, 1.54) is 0 Å². The minimum absolute atomic E-state index is 0.0585. The van der Waals surface area contributed by atoms with Crippen LogP contribution in [0.1, 0.15) is 10.4 Å². The average molecular weight is 192 g/mol. The van der Waals surface area contributed by atoms with Crippen molar-refractivity contribution in [1.82, 2.24) is 0 Å². The van der Waals surface area contributed by atoms with Gasteiger partial charge in [-0.25, -0.2) is 0 Å². The van der Waals surface area contributed by atoms with E-state index >= 15 is 0 Å². The molecule has 0 spiro atoms. The third-order valence-corrected chi connectivity index (χ3v) is 3.08. The summed E-state index contributed by atoms with van der Waals surface area (Å²) in [4.78, 5) is 12.6. The number of hydrogen-bond donors (Lipinski definition) is 1. The fourth-order valence-corrected chi connectivity index (χ4v) is 2.28. The third-order valence-electron chi connectivity index (χ3n) is 1.96. The molecular weight excluding hydrogens is 184 g/mol. The second-order valence-electron chi connectivity index (χ2n) is 2.77. The van der Waals surface area contributed by atoms with E-state index in [1.807, 2.05) is 18.2 Å². The van der Waals surface area contributed by atoms with E-state index in [0.29, 0.717) is 16.9 Å². The molecule has 0 saturated heterocycles. The molecule has 1 aliphatic rings. The highest BCUT2D eigenvalue weighted by molar-refractivity contribution is 7.99. The largest absolute Gasteiger partial charge is 0.515 e. The first-order chi connectivity index (χ1) is 6.33. The van der Waals surface area contributed by atoms with E-state index in [9.17, 15) is 4.79 Å². The SMILES string of the molecule is O=C1C(=CO)CSc2ccccc21. The Labute approximate surface area is 80.3 Å². The molecule has 1 aliphatic heterocycles. The highest BCUT2D eigenvalue weighted by Gasteiger charge is 2.21. The summed E-state index contributed by atoms with van der Waals surface area (Å²) in [5.41, 5.74) is 1.17. The number of aliphatic hydroxyl groups excluding tert-OH is 1. The van der Waals surface area contributed by atoms with Crippen molar-refractivity contribution in [3.8, 4) is 0 Å². The number of rotatable bonds is 0. The van der Waals surface area contributed by atoms with Crippen LogP contribution in [0.2, 0.25) is 0 Å². The first-order valence-electron chi connectivity index (χ1n) is 3.92. The van der Waals surface area contributed by atoms with Crippen LogP contribution in [0.15, 0.2) is 41.0 Å². The van der Waals surface area contributed by atoms with Gasteiger partial charge in [0, 0.05) is 21.8 Å². The molecule has 0 amide bonds. The Morgan fingerprint density at radius 2 is 2.15 bits per heavy atom. The second kappa shape index (κ2) is 3.26. The Morgan fingerprint density at radius 3 is 2.92 bits per heavy atom. The zero-order chi connectivity index (χ0) is 9.26. The third kappa shape index (κ3) is 1.35. The predicted molar refractivity (Wildman–Crippen MR) is 52.2 cm³/mol. The van der Waals surface area contributed by atoms with Crippen molar-refractivity contribution in [3.05, 3.63) is 41.7 Å². The highest BCUT2D eigenvalue weighted by atomic mass is 32.2. The van der Waals surface area contributed by atoms with Crippen molar-refractivity contribution in [2.24, 2.45) is 0 Å². The molecule has 1 aromatic carbocycles. The van der Waals surface area contributed by atoms with Crippen molar-refractivity contribution in [3.63, 3.8) is 0 Å². The molecule has 3 heteroatoms. The van der Waals surface area contributed by atoms with Gasteiger partial charge >= 0.3 is 0 Å². The predicted octanol–water partition coefficient (Wildman–Crippen LogP) is 2.42. The van der Waals surface area contributed by atoms with Gasteiger partial charge in [-0.1, -0.05) is 12.1 Å². The number of carbonyl (C=O) groups excluding carboxylic acids is 1. The quantitative estimate of drug-likeness (QED) is 0.506. The lowest BCUT2D eigenvalue weighted by atomic mass is 10.1. The summed E-state index contributed by atoms with van der Waals surface area (Å²) in [6, 6.07) is 7.45. The summed E-state index contributed by atoms with van der Waals surface area (Å²) >= 11 is 1.58. The molecule has 2 nitrogen and oxygen atoms in total. The number of ketones is 1. The number of thioether (sulfide) groups is 1. The van der Waals surface area contributed by atoms with Crippen molar-refractivity contribution in [2.45, 2.75) is 4.90 Å². The van der Waals surface area contributed by atoms with E-state index in [2.05, 4.69) is 0 Å². The van der Waals surface area contributed by atoms with Gasteiger partial charge in [-0.2, -0.15) is 0 Å². The average Bonchev–Trinajstić information content (AvgIpc) is 2.19. The fraction of sp³-hybridized carbons (Fsp3) is 0.100. The highest BCUT2D eigenvalue weighted by Crippen LogP contribution is 2.31. The van der Waals surface area contributed by atoms with Gasteiger partial charge in [-0.15, -0.1) is 11.8 Å². The molecule has 1 N–H and O–H groups in total. The Bertz CT molecular complexity index is 382. The Balaban J connectivity index is 2.51. The molecule has 1 heterocycles. The van der Waals surface area contributed by atoms with Gasteiger partial charge in [-0.05, 0) is 12.1 Å². The summed E-state index contributed by atoms with van der Waals surface area (Å²) < 4.78 is 0. The van der Waals surface area contributed by atoms with Gasteiger partial charge in [0.15, 0.2) is 5.78 Å². The van der Waals surface area contributed by atoms with Crippen LogP contribution in [0.25, 0.3) is 0 Å². The Kier molecular flexibility index (Phi) is 2.10. The summed E-state index contributed by atoms with van der Waals surface area (Å²) in [5.74, 6) is 0.503. The number of Topliss-reactive ketones (excluding diaryl/α,β-unsaturated/α-hetero) is 1. The lowest BCUT2D eigenvalue weighted by Crippen LogP contribution is -2.11. The fourth-order valence-electron chi connectivity index (χ4n) is 1.27. The van der Waals surface area contributed by atoms with Crippen LogP contribution in [0, 0.1) is 0 Å².